The molecule has 1 aromatic rings. The van der Waals surface area contributed by atoms with Gasteiger partial charge in [-0.05, 0) is 65.9 Å². The van der Waals surface area contributed by atoms with E-state index in [-0.39, 0.29) is 24.9 Å². The van der Waals surface area contributed by atoms with Crippen LogP contribution in [-0.4, -0.2) is 34.7 Å². The first-order chi connectivity index (χ1) is 11.5. The van der Waals surface area contributed by atoms with Crippen molar-refractivity contribution in [1.82, 2.24) is 5.32 Å². The van der Waals surface area contributed by atoms with E-state index in [4.69, 9.17) is 4.74 Å². The molecule has 1 heterocycles. The third-order valence-electron chi connectivity index (χ3n) is 4.04. The fraction of sp³-hybridized carbons (Fsp3) is 0.684. The number of hydrogen-bond donors (Lipinski definition) is 2. The molecule has 1 aliphatic rings. The molecule has 0 spiro atoms. The summed E-state index contributed by atoms with van der Waals surface area (Å²) >= 11 is 1.55. The lowest BCUT2D eigenvalue weighted by Crippen LogP contribution is -2.46. The lowest BCUT2D eigenvalue weighted by molar-refractivity contribution is -0.153. The minimum Gasteiger partial charge on any atom is -0.460 e. The highest BCUT2D eigenvalue weighted by molar-refractivity contribution is 7.12. The quantitative estimate of drug-likeness (QED) is 0.785. The monoisotopic (exact) mass is 367 g/mol. The van der Waals surface area contributed by atoms with E-state index < -0.39 is 11.1 Å². The third-order valence-corrected chi connectivity index (χ3v) is 5.34. The number of aryl methyl sites for hydroxylation is 1. The van der Waals surface area contributed by atoms with Gasteiger partial charge in [-0.2, -0.15) is 0 Å². The average Bonchev–Trinajstić information content (AvgIpc) is 2.82. The smallest absolute Gasteiger partial charge is 0.311 e. The minimum atomic E-state index is -0.705. The molecule has 2 rings (SSSR count). The van der Waals surface area contributed by atoms with Crippen LogP contribution in [0, 0.1) is 0 Å². The number of ether oxygens (including phenoxy) is 1. The molecule has 1 amide bonds. The molecule has 140 valence electrons. The molecule has 5 nitrogen and oxygen atoms in total. The van der Waals surface area contributed by atoms with Gasteiger partial charge in [-0.1, -0.05) is 0 Å². The van der Waals surface area contributed by atoms with Crippen molar-refractivity contribution in [1.29, 1.82) is 0 Å². The van der Waals surface area contributed by atoms with Gasteiger partial charge in [0.25, 0.3) is 5.91 Å². The minimum absolute atomic E-state index is 0.108. The Morgan fingerprint density at radius 1 is 1.16 bits per heavy atom. The maximum absolute atomic E-state index is 12.9. The van der Waals surface area contributed by atoms with Crippen LogP contribution in [0.3, 0.4) is 0 Å². The van der Waals surface area contributed by atoms with Gasteiger partial charge in [-0.15, -0.1) is 11.3 Å². The Morgan fingerprint density at radius 3 is 2.40 bits per heavy atom. The van der Waals surface area contributed by atoms with Crippen LogP contribution in [0.2, 0.25) is 0 Å². The molecular weight excluding hydrogens is 338 g/mol. The van der Waals surface area contributed by atoms with Gasteiger partial charge in [-0.25, -0.2) is 0 Å². The van der Waals surface area contributed by atoms with Gasteiger partial charge in [0, 0.05) is 9.75 Å². The maximum Gasteiger partial charge on any atom is 0.311 e. The topological polar surface area (TPSA) is 75.6 Å². The Balaban J connectivity index is 2.31. The van der Waals surface area contributed by atoms with Crippen LogP contribution in [-0.2, 0) is 28.8 Å². The van der Waals surface area contributed by atoms with E-state index in [2.05, 4.69) is 5.32 Å². The second-order valence-corrected chi connectivity index (χ2v) is 9.46. The Labute approximate surface area is 153 Å². The third kappa shape index (κ3) is 5.28. The molecule has 0 saturated carbocycles. The summed E-state index contributed by atoms with van der Waals surface area (Å²) in [5.74, 6) is -0.529. The number of aliphatic hydroxyl groups is 1. The van der Waals surface area contributed by atoms with Crippen molar-refractivity contribution in [3.63, 3.8) is 0 Å². The second kappa shape index (κ2) is 7.46. The molecule has 0 atom stereocenters. The van der Waals surface area contributed by atoms with Gasteiger partial charge in [0.2, 0.25) is 0 Å². The highest BCUT2D eigenvalue weighted by atomic mass is 32.1. The average molecular weight is 368 g/mol. The summed E-state index contributed by atoms with van der Waals surface area (Å²) in [6.07, 6.45) is 4.10. The first-order valence-electron chi connectivity index (χ1n) is 8.81. The fourth-order valence-electron chi connectivity index (χ4n) is 2.93. The predicted molar refractivity (Wildman–Crippen MR) is 99.1 cm³/mol. The fourth-order valence-corrected chi connectivity index (χ4v) is 4.31. The summed E-state index contributed by atoms with van der Waals surface area (Å²) in [7, 11) is 0. The van der Waals surface area contributed by atoms with E-state index in [0.717, 1.165) is 36.1 Å². The zero-order valence-electron chi connectivity index (χ0n) is 15.8. The van der Waals surface area contributed by atoms with Gasteiger partial charge in [0.1, 0.15) is 5.60 Å². The van der Waals surface area contributed by atoms with Gasteiger partial charge < -0.3 is 15.2 Å². The Morgan fingerprint density at radius 2 is 1.80 bits per heavy atom. The lowest BCUT2D eigenvalue weighted by atomic mass is 9.93. The van der Waals surface area contributed by atoms with Gasteiger partial charge in [0.05, 0.1) is 24.1 Å². The van der Waals surface area contributed by atoms with Crippen molar-refractivity contribution in [3.8, 4) is 0 Å². The number of amides is 1. The number of carbonyl (C=O) groups excluding carboxylic acids is 2. The van der Waals surface area contributed by atoms with Crippen molar-refractivity contribution in [2.24, 2.45) is 0 Å². The van der Waals surface area contributed by atoms with E-state index in [1.807, 2.05) is 20.8 Å². The largest absolute Gasteiger partial charge is 0.460 e. The van der Waals surface area contributed by atoms with Crippen molar-refractivity contribution >= 4 is 23.2 Å². The lowest BCUT2D eigenvalue weighted by Gasteiger charge is -2.24. The van der Waals surface area contributed by atoms with Gasteiger partial charge in [0.15, 0.2) is 0 Å². The molecule has 0 saturated heterocycles. The SMILES string of the molecule is CC(C)(CO)NC(=O)c1c(CC(=O)OC(C)(C)C)sc2c1CCCC2. The summed E-state index contributed by atoms with van der Waals surface area (Å²) in [6.45, 7) is 8.91. The highest BCUT2D eigenvalue weighted by Gasteiger charge is 2.30. The number of fused-ring (bicyclic) bond motifs is 1. The maximum atomic E-state index is 12.9. The summed E-state index contributed by atoms with van der Waals surface area (Å²) in [6, 6.07) is 0. The van der Waals surface area contributed by atoms with E-state index in [1.165, 1.54) is 4.88 Å². The molecule has 6 heteroatoms. The molecule has 0 aromatic carbocycles. The first kappa shape index (κ1) is 19.9. The number of thiophene rings is 1. The van der Waals surface area contributed by atoms with Crippen LogP contribution in [0.5, 0.6) is 0 Å². The molecule has 0 fully saturated rings. The Kier molecular flexibility index (Phi) is 5.94. The molecule has 1 aliphatic carbocycles. The number of rotatable bonds is 5. The predicted octanol–water partition coefficient (Wildman–Crippen LogP) is 3.01. The van der Waals surface area contributed by atoms with Crippen LogP contribution in [0.1, 0.15) is 73.1 Å². The standard InChI is InChI=1S/C19H29NO4S/c1-18(2,3)24-15(22)10-14-16(17(23)20-19(4,5)11-21)12-8-6-7-9-13(12)25-14/h21H,6-11H2,1-5H3,(H,20,23). The molecule has 0 bridgehead atoms. The van der Waals surface area contributed by atoms with Crippen LogP contribution < -0.4 is 5.32 Å². The number of hydrogen-bond acceptors (Lipinski definition) is 5. The molecular formula is C19H29NO4S. The van der Waals surface area contributed by atoms with Gasteiger partial charge >= 0.3 is 5.97 Å². The Bertz CT molecular complexity index is 655. The molecule has 0 unspecified atom stereocenters. The van der Waals surface area contributed by atoms with Crippen LogP contribution >= 0.6 is 11.3 Å². The molecule has 0 aliphatic heterocycles. The van der Waals surface area contributed by atoms with Crippen LogP contribution in [0.4, 0.5) is 0 Å². The highest BCUT2D eigenvalue weighted by Crippen LogP contribution is 2.35. The molecule has 1 aromatic heterocycles. The van der Waals surface area contributed by atoms with E-state index >= 15 is 0 Å². The number of carbonyl (C=O) groups is 2. The molecule has 25 heavy (non-hydrogen) atoms. The summed E-state index contributed by atoms with van der Waals surface area (Å²) in [5, 5.41) is 12.3. The van der Waals surface area contributed by atoms with Crippen molar-refractivity contribution < 1.29 is 19.4 Å². The zero-order chi connectivity index (χ0) is 18.8. The summed E-state index contributed by atoms with van der Waals surface area (Å²) in [4.78, 5) is 27.1. The molecule has 0 radical (unpaired) electrons. The Hall–Kier alpha value is -1.40. The van der Waals surface area contributed by atoms with Crippen molar-refractivity contribution in [2.45, 2.75) is 77.9 Å². The van der Waals surface area contributed by atoms with E-state index in [1.54, 1.807) is 25.2 Å². The summed E-state index contributed by atoms with van der Waals surface area (Å²) < 4.78 is 5.43. The zero-order valence-corrected chi connectivity index (χ0v) is 16.6. The first-order valence-corrected chi connectivity index (χ1v) is 9.63. The number of esters is 1. The van der Waals surface area contributed by atoms with E-state index in [0.29, 0.717) is 5.56 Å². The van der Waals surface area contributed by atoms with Crippen LogP contribution in [0.15, 0.2) is 0 Å². The van der Waals surface area contributed by atoms with Crippen LogP contribution in [0.25, 0.3) is 0 Å². The number of aliphatic hydroxyl groups excluding tert-OH is 1. The summed E-state index contributed by atoms with van der Waals surface area (Å²) in [5.41, 5.74) is 0.437. The van der Waals surface area contributed by atoms with Crippen molar-refractivity contribution in [3.05, 3.63) is 20.9 Å². The normalized spacial score (nSPS) is 14.8. The molecule has 2 N–H and O–H groups in total. The number of nitrogens with one attached hydrogen (secondary N) is 1. The van der Waals surface area contributed by atoms with Crippen molar-refractivity contribution in [2.75, 3.05) is 6.61 Å². The van der Waals surface area contributed by atoms with E-state index in [9.17, 15) is 14.7 Å². The van der Waals surface area contributed by atoms with Gasteiger partial charge in [-0.3, -0.25) is 9.59 Å². The second-order valence-electron chi connectivity index (χ2n) is 8.27.